The molecule has 19 heavy (non-hydrogen) atoms. The van der Waals surface area contributed by atoms with Crippen LogP contribution in [0.3, 0.4) is 0 Å². The van der Waals surface area contributed by atoms with Crippen molar-refractivity contribution in [3.8, 4) is 0 Å². The van der Waals surface area contributed by atoms with E-state index in [1.165, 1.54) is 5.56 Å². The minimum absolute atomic E-state index is 0.170. The Hall–Kier alpha value is -1.40. The predicted octanol–water partition coefficient (Wildman–Crippen LogP) is 3.05. The van der Waals surface area contributed by atoms with Gasteiger partial charge in [0.1, 0.15) is 0 Å². The van der Waals surface area contributed by atoms with Gasteiger partial charge < -0.3 is 15.1 Å². The van der Waals surface area contributed by atoms with E-state index < -0.39 is 0 Å². The molecule has 2 rings (SSSR count). The molecule has 0 aromatic carbocycles. The van der Waals surface area contributed by atoms with Crippen molar-refractivity contribution >= 4 is 17.4 Å². The number of nitrogens with one attached hydrogen (secondary N) is 2. The van der Waals surface area contributed by atoms with Crippen molar-refractivity contribution in [1.29, 1.82) is 0 Å². The highest BCUT2D eigenvalue weighted by Crippen LogP contribution is 2.20. The van der Waals surface area contributed by atoms with E-state index in [2.05, 4.69) is 58.4 Å². The van der Waals surface area contributed by atoms with Crippen molar-refractivity contribution in [2.75, 3.05) is 11.9 Å². The summed E-state index contributed by atoms with van der Waals surface area (Å²) in [5, 5.41) is 18.7. The first-order valence-electron chi connectivity index (χ1n) is 6.47. The van der Waals surface area contributed by atoms with Crippen molar-refractivity contribution in [2.45, 2.75) is 33.4 Å². The lowest BCUT2D eigenvalue weighted by Gasteiger charge is -2.09. The summed E-state index contributed by atoms with van der Waals surface area (Å²) >= 11 is 1.68. The average molecular weight is 280 g/mol. The van der Waals surface area contributed by atoms with Gasteiger partial charge in [-0.2, -0.15) is 11.3 Å². The maximum atomic E-state index is 5.54. The maximum absolute atomic E-state index is 5.54. The molecule has 6 heteroatoms. The largest absolute Gasteiger partial charge is 0.407 e. The molecular formula is C13H20N4OS. The second kappa shape index (κ2) is 6.68. The molecule has 0 spiro atoms. The van der Waals surface area contributed by atoms with Gasteiger partial charge in [0.15, 0.2) is 0 Å². The van der Waals surface area contributed by atoms with Crippen molar-refractivity contribution < 1.29 is 4.42 Å². The number of thiophene rings is 1. The van der Waals surface area contributed by atoms with Gasteiger partial charge in [0.25, 0.3) is 0 Å². The summed E-state index contributed by atoms with van der Waals surface area (Å²) in [6.07, 6.45) is 0. The zero-order valence-electron chi connectivity index (χ0n) is 11.5. The molecule has 2 heterocycles. The number of rotatable bonds is 7. The van der Waals surface area contributed by atoms with Gasteiger partial charge in [-0.25, -0.2) is 0 Å². The van der Waals surface area contributed by atoms with Gasteiger partial charge >= 0.3 is 6.01 Å². The smallest absolute Gasteiger partial charge is 0.315 e. The Labute approximate surface area is 117 Å². The van der Waals surface area contributed by atoms with Gasteiger partial charge in [-0.05, 0) is 41.8 Å². The van der Waals surface area contributed by atoms with Gasteiger partial charge in [-0.1, -0.05) is 18.9 Å². The standard InChI is InChI=1S/C13H20N4OS/c1-9(2)6-14-7-12-16-17-13(18-12)15-10(3)11-4-5-19-8-11/h4-5,8-10,14H,6-7H2,1-3H3,(H,15,17). The SMILES string of the molecule is CC(C)CNCc1nnc(NC(C)c2ccsc2)o1. The Morgan fingerprint density at radius 3 is 2.84 bits per heavy atom. The first-order chi connectivity index (χ1) is 9.15. The maximum Gasteiger partial charge on any atom is 0.315 e. The Bertz CT molecular complexity index is 481. The molecule has 0 amide bonds. The minimum atomic E-state index is 0.170. The van der Waals surface area contributed by atoms with Crippen LogP contribution in [0.25, 0.3) is 0 Å². The third-order valence-corrected chi connectivity index (χ3v) is 3.38. The average Bonchev–Trinajstić information content (AvgIpc) is 2.99. The van der Waals surface area contributed by atoms with Crippen molar-refractivity contribution in [3.63, 3.8) is 0 Å². The molecule has 0 aliphatic heterocycles. The van der Waals surface area contributed by atoms with Crippen LogP contribution in [0.15, 0.2) is 21.2 Å². The van der Waals surface area contributed by atoms with E-state index in [9.17, 15) is 0 Å². The first kappa shape index (κ1) is 14.0. The first-order valence-corrected chi connectivity index (χ1v) is 7.41. The summed E-state index contributed by atoms with van der Waals surface area (Å²) in [7, 11) is 0. The quantitative estimate of drug-likeness (QED) is 0.816. The highest BCUT2D eigenvalue weighted by atomic mass is 32.1. The molecule has 0 saturated carbocycles. The molecule has 0 fully saturated rings. The van der Waals surface area contributed by atoms with Crippen LogP contribution in [0.2, 0.25) is 0 Å². The molecule has 2 aromatic heterocycles. The lowest BCUT2D eigenvalue weighted by atomic mass is 10.2. The van der Waals surface area contributed by atoms with E-state index in [0.29, 0.717) is 24.4 Å². The molecule has 0 aliphatic rings. The third kappa shape index (κ3) is 4.33. The highest BCUT2D eigenvalue weighted by Gasteiger charge is 2.10. The van der Waals surface area contributed by atoms with Gasteiger partial charge in [-0.3, -0.25) is 0 Å². The molecule has 2 N–H and O–H groups in total. The molecule has 1 unspecified atom stereocenters. The van der Waals surface area contributed by atoms with Crippen LogP contribution in [0.4, 0.5) is 6.01 Å². The molecule has 5 nitrogen and oxygen atoms in total. The van der Waals surface area contributed by atoms with Crippen LogP contribution in [0.5, 0.6) is 0 Å². The van der Waals surface area contributed by atoms with E-state index in [1.807, 2.05) is 0 Å². The summed E-state index contributed by atoms with van der Waals surface area (Å²) in [5.41, 5.74) is 1.22. The van der Waals surface area contributed by atoms with E-state index in [-0.39, 0.29) is 6.04 Å². The van der Waals surface area contributed by atoms with Gasteiger partial charge in [-0.15, -0.1) is 5.10 Å². The number of hydrogen-bond acceptors (Lipinski definition) is 6. The normalized spacial score (nSPS) is 12.8. The fourth-order valence-corrected chi connectivity index (χ4v) is 2.40. The fraction of sp³-hybridized carbons (Fsp3) is 0.538. The van der Waals surface area contributed by atoms with Crippen LogP contribution >= 0.6 is 11.3 Å². The fourth-order valence-electron chi connectivity index (χ4n) is 1.64. The molecule has 0 radical (unpaired) electrons. The minimum Gasteiger partial charge on any atom is -0.407 e. The van der Waals surface area contributed by atoms with E-state index in [0.717, 1.165) is 6.54 Å². The van der Waals surface area contributed by atoms with Gasteiger partial charge in [0.2, 0.25) is 5.89 Å². The lowest BCUT2D eigenvalue weighted by molar-refractivity contribution is 0.456. The zero-order chi connectivity index (χ0) is 13.7. The molecule has 0 saturated heterocycles. The predicted molar refractivity (Wildman–Crippen MR) is 77.2 cm³/mol. The summed E-state index contributed by atoms with van der Waals surface area (Å²) < 4.78 is 5.54. The summed E-state index contributed by atoms with van der Waals surface area (Å²) in [6.45, 7) is 7.95. The summed E-state index contributed by atoms with van der Waals surface area (Å²) in [4.78, 5) is 0. The number of aromatic nitrogens is 2. The number of hydrogen-bond donors (Lipinski definition) is 2. The van der Waals surface area contributed by atoms with E-state index >= 15 is 0 Å². The van der Waals surface area contributed by atoms with Crippen molar-refractivity contribution in [3.05, 3.63) is 28.3 Å². The topological polar surface area (TPSA) is 63.0 Å². The van der Waals surface area contributed by atoms with Crippen LogP contribution < -0.4 is 10.6 Å². The van der Waals surface area contributed by atoms with Crippen LogP contribution in [0.1, 0.15) is 38.3 Å². The molecule has 1 atom stereocenters. The summed E-state index contributed by atoms with van der Waals surface area (Å²) in [5.74, 6) is 1.22. The molecule has 104 valence electrons. The third-order valence-electron chi connectivity index (χ3n) is 2.68. The second-order valence-corrected chi connectivity index (χ2v) is 5.73. The highest BCUT2D eigenvalue weighted by molar-refractivity contribution is 7.07. The van der Waals surface area contributed by atoms with E-state index in [1.54, 1.807) is 11.3 Å². The lowest BCUT2D eigenvalue weighted by Crippen LogP contribution is -2.19. The Balaban J connectivity index is 1.83. The Morgan fingerprint density at radius 2 is 2.16 bits per heavy atom. The number of nitrogens with zero attached hydrogens (tertiary/aromatic N) is 2. The number of anilines is 1. The van der Waals surface area contributed by atoms with Crippen LogP contribution in [-0.2, 0) is 6.54 Å². The molecule has 2 aromatic rings. The summed E-state index contributed by atoms with van der Waals surface area (Å²) in [6, 6.07) is 2.73. The van der Waals surface area contributed by atoms with E-state index in [4.69, 9.17) is 4.42 Å². The molecule has 0 bridgehead atoms. The Kier molecular flexibility index (Phi) is 4.93. The van der Waals surface area contributed by atoms with Gasteiger partial charge in [0, 0.05) is 0 Å². The molecular weight excluding hydrogens is 260 g/mol. The second-order valence-electron chi connectivity index (χ2n) is 4.95. The Morgan fingerprint density at radius 1 is 1.32 bits per heavy atom. The van der Waals surface area contributed by atoms with Crippen molar-refractivity contribution in [2.24, 2.45) is 5.92 Å². The molecule has 0 aliphatic carbocycles. The van der Waals surface area contributed by atoms with Crippen molar-refractivity contribution in [1.82, 2.24) is 15.5 Å². The van der Waals surface area contributed by atoms with Crippen LogP contribution in [-0.4, -0.2) is 16.7 Å². The zero-order valence-corrected chi connectivity index (χ0v) is 12.3. The van der Waals surface area contributed by atoms with Crippen LogP contribution in [0, 0.1) is 5.92 Å². The van der Waals surface area contributed by atoms with Gasteiger partial charge in [0.05, 0.1) is 12.6 Å². The monoisotopic (exact) mass is 280 g/mol.